The summed E-state index contributed by atoms with van der Waals surface area (Å²) in [7, 11) is 0. The number of alkyl halides is 5. The molecule has 0 saturated heterocycles. The van der Waals surface area contributed by atoms with Gasteiger partial charge < -0.3 is 26.4 Å². The lowest BCUT2D eigenvalue weighted by atomic mass is 9.81. The van der Waals surface area contributed by atoms with Gasteiger partial charge in [0.2, 0.25) is 0 Å². The second-order valence-corrected chi connectivity index (χ2v) is 17.1. The molecule has 5 aromatic carbocycles. The molecule has 5 rings (SSSR count). The number of aromatic hydroxyl groups is 1. The molecule has 0 aliphatic rings. The Bertz CT molecular complexity index is 2300. The number of hydrogen-bond acceptors (Lipinski definition) is 5. The average Bonchev–Trinajstić information content (AvgIpc) is 3.14. The monoisotopic (exact) mass is 810 g/mol. The molecule has 0 aliphatic heterocycles. The quantitative estimate of drug-likeness (QED) is 0.0390. The van der Waals surface area contributed by atoms with Crippen molar-refractivity contribution in [1.82, 2.24) is 0 Å². The minimum absolute atomic E-state index is 0.0947. The molecule has 0 aliphatic carbocycles. The second-order valence-electron chi connectivity index (χ2n) is 17.1. The lowest BCUT2D eigenvalue weighted by Crippen LogP contribution is -2.26. The van der Waals surface area contributed by atoms with Gasteiger partial charge in [0.05, 0.1) is 11.3 Å². The smallest absolute Gasteiger partial charge is 0.417 e. The van der Waals surface area contributed by atoms with Crippen LogP contribution in [0, 0.1) is 5.41 Å². The van der Waals surface area contributed by atoms with Gasteiger partial charge in [-0.3, -0.25) is 0 Å². The molecule has 0 fully saturated rings. The highest BCUT2D eigenvalue weighted by atomic mass is 19.4. The van der Waals surface area contributed by atoms with Gasteiger partial charge in [0.25, 0.3) is 5.92 Å². The van der Waals surface area contributed by atoms with Gasteiger partial charge in [-0.15, -0.1) is 0 Å². The molecular weight excluding hydrogens is 756 g/mol. The van der Waals surface area contributed by atoms with Crippen LogP contribution in [0.4, 0.5) is 44.7 Å². The molecule has 5 aromatic rings. The summed E-state index contributed by atoms with van der Waals surface area (Å²) in [6.45, 7) is 21.9. The van der Waals surface area contributed by atoms with Gasteiger partial charge in [0.1, 0.15) is 5.75 Å². The molecule has 0 heterocycles. The lowest BCUT2D eigenvalue weighted by molar-refractivity contribution is -0.137. The maximum Gasteiger partial charge on any atom is 0.417 e. The standard InChI is InChI=1S/C49H55F5N4O/c1-10-23-47(7,8)29-33-13-11-15-35(24-33)31(2)56-38-17-20-40(42(26-38)48(9,50)51)41-21-18-39(27-43(41)49(52,53)54)57-32(3)36-16-12-14-34(25-36)30-55-37-19-22-45(59)44(28-37)58-46(4,5)6/h11-22,24-28,55-59H,2-3,10,23,29-30H2,1,4-9H3. The molecule has 59 heavy (non-hydrogen) atoms. The summed E-state index contributed by atoms with van der Waals surface area (Å²) < 4.78 is 74.8. The van der Waals surface area contributed by atoms with Gasteiger partial charge in [-0.1, -0.05) is 88.9 Å². The molecule has 0 atom stereocenters. The predicted octanol–water partition coefficient (Wildman–Crippen LogP) is 14.5. The molecule has 0 radical (unpaired) electrons. The third kappa shape index (κ3) is 12.1. The fourth-order valence-electron chi connectivity index (χ4n) is 7.21. The van der Waals surface area contributed by atoms with Crippen LogP contribution in [0.5, 0.6) is 5.75 Å². The van der Waals surface area contributed by atoms with Gasteiger partial charge in [-0.2, -0.15) is 13.2 Å². The molecule has 0 bridgehead atoms. The highest BCUT2D eigenvalue weighted by molar-refractivity contribution is 5.82. The van der Waals surface area contributed by atoms with Crippen molar-refractivity contribution in [2.24, 2.45) is 5.41 Å². The zero-order chi connectivity index (χ0) is 43.3. The first kappa shape index (κ1) is 44.3. The fraction of sp³-hybridized carbons (Fsp3) is 0.306. The topological polar surface area (TPSA) is 68.3 Å². The highest BCUT2D eigenvalue weighted by Gasteiger charge is 2.37. The van der Waals surface area contributed by atoms with Crippen LogP contribution in [-0.4, -0.2) is 10.6 Å². The van der Waals surface area contributed by atoms with E-state index >= 15 is 8.78 Å². The summed E-state index contributed by atoms with van der Waals surface area (Å²) in [4.78, 5) is 0. The molecule has 312 valence electrons. The first-order chi connectivity index (χ1) is 27.5. The normalized spacial score (nSPS) is 12.2. The second kappa shape index (κ2) is 17.6. The summed E-state index contributed by atoms with van der Waals surface area (Å²) in [6, 6.07) is 28.0. The largest absolute Gasteiger partial charge is 0.506 e. The Morgan fingerprint density at radius 1 is 0.627 bits per heavy atom. The minimum atomic E-state index is -4.86. The molecular formula is C49H55F5N4O. The van der Waals surface area contributed by atoms with E-state index in [9.17, 15) is 18.3 Å². The van der Waals surface area contributed by atoms with Gasteiger partial charge in [-0.05, 0) is 127 Å². The number of nitrogens with one attached hydrogen (secondary N) is 4. The van der Waals surface area contributed by atoms with E-state index in [2.05, 4.69) is 55.2 Å². The fourth-order valence-corrected chi connectivity index (χ4v) is 7.21. The third-order valence-electron chi connectivity index (χ3n) is 9.86. The third-order valence-corrected chi connectivity index (χ3v) is 9.86. The van der Waals surface area contributed by atoms with Crippen LogP contribution in [0.3, 0.4) is 0 Å². The van der Waals surface area contributed by atoms with Crippen molar-refractivity contribution in [3.05, 3.63) is 150 Å². The zero-order valence-corrected chi connectivity index (χ0v) is 34.9. The summed E-state index contributed by atoms with van der Waals surface area (Å²) in [6.07, 6.45) is -1.87. The Hall–Kier alpha value is -5.77. The summed E-state index contributed by atoms with van der Waals surface area (Å²) >= 11 is 0. The van der Waals surface area contributed by atoms with Crippen LogP contribution in [0.2, 0.25) is 0 Å². The van der Waals surface area contributed by atoms with E-state index in [1.807, 2.05) is 69.3 Å². The van der Waals surface area contributed by atoms with Crippen LogP contribution in [0.1, 0.15) is 94.7 Å². The predicted molar refractivity (Wildman–Crippen MR) is 236 cm³/mol. The van der Waals surface area contributed by atoms with Gasteiger partial charge >= 0.3 is 6.18 Å². The van der Waals surface area contributed by atoms with Crippen LogP contribution >= 0.6 is 0 Å². The number of rotatable bonds is 16. The van der Waals surface area contributed by atoms with Crippen molar-refractivity contribution in [2.45, 2.75) is 91.9 Å². The Morgan fingerprint density at radius 3 is 1.69 bits per heavy atom. The molecule has 10 heteroatoms. The summed E-state index contributed by atoms with van der Waals surface area (Å²) in [5.74, 6) is -3.34. The maximum atomic E-state index is 15.3. The van der Waals surface area contributed by atoms with E-state index in [4.69, 9.17) is 0 Å². The van der Waals surface area contributed by atoms with Crippen molar-refractivity contribution in [3.63, 3.8) is 0 Å². The summed E-state index contributed by atoms with van der Waals surface area (Å²) in [5.41, 5.74) is 3.61. The molecule has 0 amide bonds. The van der Waals surface area contributed by atoms with Crippen molar-refractivity contribution in [1.29, 1.82) is 0 Å². The molecule has 0 aromatic heterocycles. The van der Waals surface area contributed by atoms with E-state index < -0.39 is 23.2 Å². The number of hydrogen-bond donors (Lipinski definition) is 5. The van der Waals surface area contributed by atoms with Crippen LogP contribution in [0.15, 0.2) is 116 Å². The summed E-state index contributed by atoms with van der Waals surface area (Å²) in [5, 5.41) is 23.0. The Kier molecular flexibility index (Phi) is 13.2. The number of benzene rings is 5. The number of halogens is 5. The number of phenols is 1. The van der Waals surface area contributed by atoms with Crippen molar-refractivity contribution >= 4 is 34.1 Å². The maximum absolute atomic E-state index is 15.3. The van der Waals surface area contributed by atoms with E-state index in [-0.39, 0.29) is 39.2 Å². The molecule has 5 nitrogen and oxygen atoms in total. The Balaban J connectivity index is 1.35. The van der Waals surface area contributed by atoms with E-state index in [1.165, 1.54) is 30.3 Å². The minimum Gasteiger partial charge on any atom is -0.506 e. The van der Waals surface area contributed by atoms with Gasteiger partial charge in [0, 0.05) is 53.0 Å². The molecule has 0 unspecified atom stereocenters. The van der Waals surface area contributed by atoms with Crippen LogP contribution in [-0.2, 0) is 25.1 Å². The van der Waals surface area contributed by atoms with Crippen molar-refractivity contribution in [2.75, 3.05) is 21.3 Å². The average molecular weight is 811 g/mol. The Morgan fingerprint density at radius 2 is 1.15 bits per heavy atom. The number of phenolic OH excluding ortho intramolecular Hbond substituents is 1. The van der Waals surface area contributed by atoms with Gasteiger partial charge in [0.15, 0.2) is 0 Å². The van der Waals surface area contributed by atoms with Crippen LogP contribution in [0.25, 0.3) is 22.5 Å². The van der Waals surface area contributed by atoms with Crippen molar-refractivity contribution in [3.8, 4) is 16.9 Å². The van der Waals surface area contributed by atoms with Crippen LogP contribution < -0.4 is 21.3 Å². The SMILES string of the molecule is C=C(Nc1ccc(-c2ccc(NC(=C)c3cccc(CC(C)(C)CCC)c3)cc2C(C)(F)F)c(C(F)(F)F)c1)c1cccc(CNc2ccc(O)c(NC(C)(C)C)c2)c1. The zero-order valence-electron chi connectivity index (χ0n) is 34.9. The Labute approximate surface area is 345 Å². The first-order valence-electron chi connectivity index (χ1n) is 19.7. The number of anilines is 4. The lowest BCUT2D eigenvalue weighted by Gasteiger charge is -2.24. The van der Waals surface area contributed by atoms with E-state index in [0.29, 0.717) is 36.1 Å². The van der Waals surface area contributed by atoms with Crippen molar-refractivity contribution < 1.29 is 27.1 Å². The molecule has 0 spiro atoms. The molecule has 5 N–H and O–H groups in total. The van der Waals surface area contributed by atoms with E-state index in [0.717, 1.165) is 47.7 Å². The van der Waals surface area contributed by atoms with Gasteiger partial charge in [-0.25, -0.2) is 8.78 Å². The molecule has 0 saturated carbocycles. The van der Waals surface area contributed by atoms with E-state index in [1.54, 1.807) is 18.2 Å². The first-order valence-corrected chi connectivity index (χ1v) is 19.7. The highest BCUT2D eigenvalue weighted by Crippen LogP contribution is 2.44.